The molecule has 1 saturated heterocycles. The topological polar surface area (TPSA) is 69.7 Å². The summed E-state index contributed by atoms with van der Waals surface area (Å²) in [5.41, 5.74) is 0.167. The molecule has 0 spiro atoms. The molecule has 6 nitrogen and oxygen atoms in total. The van der Waals surface area contributed by atoms with Crippen LogP contribution < -0.4 is 5.32 Å². The molecule has 1 aliphatic heterocycles. The van der Waals surface area contributed by atoms with E-state index in [9.17, 15) is 22.0 Å². The molecule has 0 aliphatic carbocycles. The molecule has 1 aliphatic rings. The molecule has 0 saturated carbocycles. The highest BCUT2D eigenvalue weighted by Gasteiger charge is 2.32. The van der Waals surface area contributed by atoms with Crippen molar-refractivity contribution in [3.63, 3.8) is 0 Å². The number of rotatable bonds is 3. The van der Waals surface area contributed by atoms with Crippen molar-refractivity contribution in [1.82, 2.24) is 9.80 Å². The molecule has 0 aromatic heterocycles. The average Bonchev–Trinajstić information content (AvgIpc) is 2.52. The third-order valence-corrected chi connectivity index (χ3v) is 5.87. The summed E-state index contributed by atoms with van der Waals surface area (Å²) in [4.78, 5) is 15.7. The first-order valence-corrected chi connectivity index (χ1v) is 9.09. The number of alkyl halides is 2. The molecule has 0 radical (unpaired) electrons. The number of amides is 2. The van der Waals surface area contributed by atoms with E-state index in [1.54, 1.807) is 4.90 Å². The minimum absolute atomic E-state index is 0.0308. The van der Waals surface area contributed by atoms with Gasteiger partial charge in [0.05, 0.1) is 4.90 Å². The van der Waals surface area contributed by atoms with E-state index in [4.69, 9.17) is 0 Å². The quantitative estimate of drug-likeness (QED) is 0.896. The van der Waals surface area contributed by atoms with E-state index in [1.807, 2.05) is 20.9 Å². The molecule has 1 fully saturated rings. The van der Waals surface area contributed by atoms with Crippen molar-refractivity contribution in [2.24, 2.45) is 0 Å². The Bertz CT molecular complexity index is 712. The first kappa shape index (κ1) is 18.6. The summed E-state index contributed by atoms with van der Waals surface area (Å²) in [5, 5.41) is 2.59. The fourth-order valence-electron chi connectivity index (χ4n) is 2.64. The van der Waals surface area contributed by atoms with Crippen LogP contribution >= 0.6 is 0 Å². The summed E-state index contributed by atoms with van der Waals surface area (Å²) in [5.74, 6) is -3.50. The molecule has 1 N–H and O–H groups in total. The fourth-order valence-corrected chi connectivity index (χ4v) is 3.40. The maximum Gasteiger partial charge on any atom is 0.341 e. The van der Waals surface area contributed by atoms with E-state index in [2.05, 4.69) is 10.2 Å². The van der Waals surface area contributed by atoms with Gasteiger partial charge in [0.2, 0.25) is 9.84 Å². The van der Waals surface area contributed by atoms with Crippen LogP contribution in [-0.2, 0) is 9.84 Å². The molecule has 1 aromatic rings. The average molecular weight is 361 g/mol. The second-order valence-corrected chi connectivity index (χ2v) is 7.84. The number of hydrogen-bond donors (Lipinski definition) is 1. The van der Waals surface area contributed by atoms with Crippen LogP contribution in [0, 0.1) is 0 Å². The SMILES string of the molecule is C[C@@H]1[C@H](C)N(C(=O)Nc2cccc(S(=O)(=O)C(F)F)c2)CCN1C. The molecule has 9 heteroatoms. The lowest BCUT2D eigenvalue weighted by molar-refractivity contribution is 0.0796. The molecular formula is C15H21F2N3O3S. The molecule has 2 rings (SSSR count). The second kappa shape index (κ2) is 7.02. The Morgan fingerprint density at radius 3 is 2.54 bits per heavy atom. The van der Waals surface area contributed by atoms with Crippen LogP contribution in [0.4, 0.5) is 19.3 Å². The van der Waals surface area contributed by atoms with E-state index in [0.717, 1.165) is 18.7 Å². The van der Waals surface area contributed by atoms with Gasteiger partial charge in [-0.15, -0.1) is 0 Å². The van der Waals surface area contributed by atoms with E-state index >= 15 is 0 Å². The Kier molecular flexibility index (Phi) is 5.44. The number of anilines is 1. The normalized spacial score (nSPS) is 22.7. The van der Waals surface area contributed by atoms with Crippen LogP contribution in [0.15, 0.2) is 29.2 Å². The molecule has 1 aromatic carbocycles. The predicted octanol–water partition coefficient (Wildman–Crippen LogP) is 2.24. The van der Waals surface area contributed by atoms with Crippen molar-refractivity contribution in [2.75, 3.05) is 25.5 Å². The Hall–Kier alpha value is -1.74. The Labute approximate surface area is 140 Å². The highest BCUT2D eigenvalue weighted by atomic mass is 32.2. The van der Waals surface area contributed by atoms with Crippen molar-refractivity contribution in [3.05, 3.63) is 24.3 Å². The number of carbonyl (C=O) groups excluding carboxylic acids is 1. The highest BCUT2D eigenvalue weighted by molar-refractivity contribution is 7.91. The number of carbonyl (C=O) groups is 1. The summed E-state index contributed by atoms with van der Waals surface area (Å²) in [7, 11) is -2.71. The third-order valence-electron chi connectivity index (χ3n) is 4.49. The lowest BCUT2D eigenvalue weighted by atomic mass is 10.1. The van der Waals surface area contributed by atoms with Crippen molar-refractivity contribution >= 4 is 21.6 Å². The number of sulfone groups is 1. The van der Waals surface area contributed by atoms with Gasteiger partial charge in [0.25, 0.3) is 0 Å². The lowest BCUT2D eigenvalue weighted by Crippen LogP contribution is -2.58. The Balaban J connectivity index is 2.16. The van der Waals surface area contributed by atoms with Gasteiger partial charge in [-0.2, -0.15) is 8.78 Å². The van der Waals surface area contributed by atoms with E-state index in [1.165, 1.54) is 12.1 Å². The summed E-state index contributed by atoms with van der Waals surface area (Å²) < 4.78 is 48.3. The molecule has 2 atom stereocenters. The lowest BCUT2D eigenvalue weighted by Gasteiger charge is -2.43. The van der Waals surface area contributed by atoms with Crippen LogP contribution in [0.2, 0.25) is 0 Å². The number of benzene rings is 1. The van der Waals surface area contributed by atoms with E-state index in [0.29, 0.717) is 6.54 Å². The third kappa shape index (κ3) is 3.67. The largest absolute Gasteiger partial charge is 0.341 e. The Morgan fingerprint density at radius 2 is 1.92 bits per heavy atom. The van der Waals surface area contributed by atoms with Gasteiger partial charge in [0.15, 0.2) is 0 Å². The molecular weight excluding hydrogens is 340 g/mol. The second-order valence-electron chi connectivity index (χ2n) is 5.92. The first-order chi connectivity index (χ1) is 11.1. The van der Waals surface area contributed by atoms with Crippen molar-refractivity contribution in [3.8, 4) is 0 Å². The van der Waals surface area contributed by atoms with Crippen molar-refractivity contribution < 1.29 is 22.0 Å². The number of halogens is 2. The number of likely N-dealkylation sites (N-methyl/N-ethyl adjacent to an activating group) is 1. The van der Waals surface area contributed by atoms with Gasteiger partial charge in [-0.1, -0.05) is 6.07 Å². The zero-order valence-corrected chi connectivity index (χ0v) is 14.6. The van der Waals surface area contributed by atoms with Gasteiger partial charge in [0.1, 0.15) is 0 Å². The first-order valence-electron chi connectivity index (χ1n) is 7.54. The predicted molar refractivity (Wildman–Crippen MR) is 86.9 cm³/mol. The van der Waals surface area contributed by atoms with Gasteiger partial charge in [0, 0.05) is 30.9 Å². The van der Waals surface area contributed by atoms with Crippen LogP contribution in [0.1, 0.15) is 13.8 Å². The zero-order chi connectivity index (χ0) is 18.1. The van der Waals surface area contributed by atoms with E-state index < -0.39 is 20.5 Å². The van der Waals surface area contributed by atoms with Gasteiger partial charge in [-0.3, -0.25) is 4.90 Å². The number of urea groups is 1. The van der Waals surface area contributed by atoms with Crippen LogP contribution in [0.3, 0.4) is 0 Å². The smallest absolute Gasteiger partial charge is 0.319 e. The van der Waals surface area contributed by atoms with E-state index in [-0.39, 0.29) is 23.8 Å². The summed E-state index contributed by atoms with van der Waals surface area (Å²) in [6.07, 6.45) is 0. The van der Waals surface area contributed by atoms with Gasteiger partial charge >= 0.3 is 11.8 Å². The molecule has 1 heterocycles. The van der Waals surface area contributed by atoms with Crippen molar-refractivity contribution in [1.29, 1.82) is 0 Å². The summed E-state index contributed by atoms with van der Waals surface area (Å²) in [6.45, 7) is 5.19. The fraction of sp³-hybridized carbons (Fsp3) is 0.533. The van der Waals surface area contributed by atoms with Crippen LogP contribution in [0.25, 0.3) is 0 Å². The summed E-state index contributed by atoms with van der Waals surface area (Å²) >= 11 is 0. The zero-order valence-electron chi connectivity index (χ0n) is 13.7. The maximum atomic E-state index is 12.6. The standard InChI is InChI=1S/C15H21F2N3O3S/c1-10-11(2)20(8-7-19(10)3)15(21)18-12-5-4-6-13(9-12)24(22,23)14(16)17/h4-6,9-11,14H,7-8H2,1-3H3,(H,18,21)/t10-,11+/m1/s1. The monoisotopic (exact) mass is 361 g/mol. The molecule has 2 amide bonds. The molecule has 134 valence electrons. The van der Waals surface area contributed by atoms with Crippen LogP contribution in [-0.4, -0.2) is 62.2 Å². The van der Waals surface area contributed by atoms with Crippen molar-refractivity contribution in [2.45, 2.75) is 36.6 Å². The molecule has 0 bridgehead atoms. The van der Waals surface area contributed by atoms with Gasteiger partial charge in [-0.05, 0) is 39.1 Å². The molecule has 0 unspecified atom stereocenters. The minimum Gasteiger partial charge on any atom is -0.319 e. The number of piperazine rings is 1. The summed E-state index contributed by atoms with van der Waals surface area (Å²) in [6, 6.07) is 4.68. The van der Waals surface area contributed by atoms with Gasteiger partial charge < -0.3 is 10.2 Å². The Morgan fingerprint density at radius 1 is 1.25 bits per heavy atom. The number of nitrogens with one attached hydrogen (secondary N) is 1. The highest BCUT2D eigenvalue weighted by Crippen LogP contribution is 2.22. The number of nitrogens with zero attached hydrogens (tertiary/aromatic N) is 2. The maximum absolute atomic E-state index is 12.6. The van der Waals surface area contributed by atoms with Gasteiger partial charge in [-0.25, -0.2) is 13.2 Å². The number of hydrogen-bond acceptors (Lipinski definition) is 4. The minimum atomic E-state index is -4.69. The molecule has 24 heavy (non-hydrogen) atoms. The van der Waals surface area contributed by atoms with Crippen LogP contribution in [0.5, 0.6) is 0 Å².